The highest BCUT2D eigenvalue weighted by atomic mass is 16.4. The van der Waals surface area contributed by atoms with Crippen LogP contribution >= 0.6 is 0 Å². The van der Waals surface area contributed by atoms with Crippen molar-refractivity contribution >= 4 is 12.0 Å². The molecule has 0 saturated carbocycles. The number of rotatable bonds is 5. The number of aliphatic hydroxyl groups is 1. The zero-order valence-electron chi connectivity index (χ0n) is 10.8. The lowest BCUT2D eigenvalue weighted by Gasteiger charge is -2.28. The van der Waals surface area contributed by atoms with Crippen LogP contribution in [0, 0.1) is 0 Å². The van der Waals surface area contributed by atoms with Gasteiger partial charge in [-0.1, -0.05) is 0 Å². The lowest BCUT2D eigenvalue weighted by atomic mass is 10.2. The average molecular weight is 259 g/mol. The molecule has 1 unspecified atom stereocenters. The molecular weight excluding hydrogens is 238 g/mol. The van der Waals surface area contributed by atoms with Crippen molar-refractivity contribution in [1.82, 2.24) is 15.1 Å². The highest BCUT2D eigenvalue weighted by molar-refractivity contribution is 5.83. The number of hydrogen-bond acceptors (Lipinski definition) is 4. The number of likely N-dealkylation sites (tertiary alicyclic amines) is 1. The number of carboxylic acid groups (broad SMARTS) is 1. The molecule has 0 aromatic rings. The van der Waals surface area contributed by atoms with E-state index in [0.717, 1.165) is 19.4 Å². The van der Waals surface area contributed by atoms with Crippen LogP contribution in [0.5, 0.6) is 0 Å². The van der Waals surface area contributed by atoms with E-state index in [1.54, 1.807) is 4.90 Å². The van der Waals surface area contributed by atoms with Gasteiger partial charge in [-0.3, -0.25) is 0 Å². The van der Waals surface area contributed by atoms with E-state index >= 15 is 0 Å². The largest absolute Gasteiger partial charge is 0.480 e. The van der Waals surface area contributed by atoms with Crippen molar-refractivity contribution in [2.24, 2.45) is 0 Å². The molecule has 7 nitrogen and oxygen atoms in total. The van der Waals surface area contributed by atoms with Crippen LogP contribution < -0.4 is 5.32 Å². The minimum atomic E-state index is -1.24. The van der Waals surface area contributed by atoms with Gasteiger partial charge in [-0.05, 0) is 26.9 Å². The van der Waals surface area contributed by atoms with E-state index in [2.05, 4.69) is 5.32 Å². The number of aliphatic hydroxyl groups excluding tert-OH is 1. The minimum Gasteiger partial charge on any atom is -0.480 e. The molecule has 0 aromatic heterocycles. The highest BCUT2D eigenvalue weighted by Gasteiger charge is 2.31. The van der Waals surface area contributed by atoms with Gasteiger partial charge < -0.3 is 25.3 Å². The van der Waals surface area contributed by atoms with Crippen LogP contribution in [0.1, 0.15) is 12.8 Å². The van der Waals surface area contributed by atoms with E-state index < -0.39 is 24.6 Å². The third-order valence-electron chi connectivity index (χ3n) is 2.99. The van der Waals surface area contributed by atoms with E-state index in [1.807, 2.05) is 19.0 Å². The first-order chi connectivity index (χ1) is 8.45. The molecule has 1 aliphatic rings. The molecule has 1 fully saturated rings. The van der Waals surface area contributed by atoms with Gasteiger partial charge in [0.25, 0.3) is 0 Å². The highest BCUT2D eigenvalue weighted by Crippen LogP contribution is 2.17. The Morgan fingerprint density at radius 3 is 2.67 bits per heavy atom. The molecule has 0 spiro atoms. The maximum Gasteiger partial charge on any atom is 0.328 e. The third kappa shape index (κ3) is 3.85. The number of urea groups is 1. The maximum atomic E-state index is 11.9. The summed E-state index contributed by atoms with van der Waals surface area (Å²) in [4.78, 5) is 26.3. The fraction of sp³-hybridized carbons (Fsp3) is 0.818. The van der Waals surface area contributed by atoms with Crippen molar-refractivity contribution in [3.63, 3.8) is 0 Å². The molecule has 0 bridgehead atoms. The minimum absolute atomic E-state index is 0.105. The zero-order valence-corrected chi connectivity index (χ0v) is 10.8. The lowest BCUT2D eigenvalue weighted by Crippen LogP contribution is -2.52. The van der Waals surface area contributed by atoms with Gasteiger partial charge in [0.1, 0.15) is 0 Å². The van der Waals surface area contributed by atoms with Gasteiger partial charge in [0.15, 0.2) is 6.04 Å². The van der Waals surface area contributed by atoms with Crippen LogP contribution in [0.25, 0.3) is 0 Å². The fourth-order valence-electron chi connectivity index (χ4n) is 2.13. The maximum absolute atomic E-state index is 11.9. The van der Waals surface area contributed by atoms with Crippen LogP contribution in [-0.4, -0.2) is 77.9 Å². The Kier molecular flexibility index (Phi) is 5.36. The average Bonchev–Trinajstić information content (AvgIpc) is 2.72. The summed E-state index contributed by atoms with van der Waals surface area (Å²) in [6, 6.07) is -1.55. The van der Waals surface area contributed by atoms with E-state index in [4.69, 9.17) is 10.2 Å². The Morgan fingerprint density at radius 2 is 2.17 bits per heavy atom. The van der Waals surface area contributed by atoms with Gasteiger partial charge in [0.2, 0.25) is 0 Å². The van der Waals surface area contributed by atoms with Crippen LogP contribution in [0.3, 0.4) is 0 Å². The molecule has 2 atom stereocenters. The Bertz CT molecular complexity index is 309. The Morgan fingerprint density at radius 1 is 1.50 bits per heavy atom. The zero-order chi connectivity index (χ0) is 13.7. The number of carboxylic acids is 1. The second-order valence-corrected chi connectivity index (χ2v) is 4.77. The molecular formula is C11H21N3O4. The van der Waals surface area contributed by atoms with Crippen molar-refractivity contribution in [3.8, 4) is 0 Å². The van der Waals surface area contributed by atoms with Gasteiger partial charge in [-0.2, -0.15) is 0 Å². The normalized spacial score (nSPS) is 21.1. The van der Waals surface area contributed by atoms with Crippen molar-refractivity contribution in [1.29, 1.82) is 0 Å². The standard InChI is InChI=1S/C11H21N3O4/c1-13(2)6-8-4-3-5-14(8)11(18)12-9(7-15)10(16)17/h8-9,15H,3-7H2,1-2H3,(H,12,18)(H,16,17)/t8?,9-/m0/s1. The smallest absolute Gasteiger partial charge is 0.328 e. The monoisotopic (exact) mass is 259 g/mol. The fourth-order valence-corrected chi connectivity index (χ4v) is 2.13. The molecule has 1 aliphatic heterocycles. The van der Waals surface area contributed by atoms with Gasteiger partial charge >= 0.3 is 12.0 Å². The van der Waals surface area contributed by atoms with Gasteiger partial charge in [0.05, 0.1) is 6.61 Å². The predicted octanol–water partition coefficient (Wildman–Crippen LogP) is -0.832. The van der Waals surface area contributed by atoms with Crippen LogP contribution in [0.15, 0.2) is 0 Å². The second kappa shape index (κ2) is 6.55. The molecule has 0 aromatic carbocycles. The summed E-state index contributed by atoms with van der Waals surface area (Å²) >= 11 is 0. The molecule has 1 saturated heterocycles. The molecule has 1 rings (SSSR count). The topological polar surface area (TPSA) is 93.1 Å². The molecule has 3 N–H and O–H groups in total. The van der Waals surface area contributed by atoms with Gasteiger partial charge in [-0.15, -0.1) is 0 Å². The van der Waals surface area contributed by atoms with Crippen molar-refractivity contribution in [2.75, 3.05) is 33.8 Å². The quantitative estimate of drug-likeness (QED) is 0.599. The SMILES string of the molecule is CN(C)CC1CCCN1C(=O)N[C@@H](CO)C(=O)O. The molecule has 104 valence electrons. The Balaban J connectivity index is 2.57. The van der Waals surface area contributed by atoms with Crippen molar-refractivity contribution < 1.29 is 19.8 Å². The van der Waals surface area contributed by atoms with E-state index in [9.17, 15) is 9.59 Å². The lowest BCUT2D eigenvalue weighted by molar-refractivity contribution is -0.140. The van der Waals surface area contributed by atoms with Gasteiger partial charge in [-0.25, -0.2) is 9.59 Å². The number of aliphatic carboxylic acids is 1. The summed E-state index contributed by atoms with van der Waals surface area (Å²) < 4.78 is 0. The number of amides is 2. The second-order valence-electron chi connectivity index (χ2n) is 4.77. The molecule has 2 amide bonds. The number of carbonyl (C=O) groups is 2. The molecule has 1 heterocycles. The Labute approximate surface area is 106 Å². The van der Waals surface area contributed by atoms with E-state index in [-0.39, 0.29) is 6.04 Å². The molecule has 7 heteroatoms. The first kappa shape index (κ1) is 14.7. The molecule has 18 heavy (non-hydrogen) atoms. The predicted molar refractivity (Wildman–Crippen MR) is 65.3 cm³/mol. The van der Waals surface area contributed by atoms with Crippen molar-refractivity contribution in [3.05, 3.63) is 0 Å². The van der Waals surface area contributed by atoms with E-state index in [1.165, 1.54) is 0 Å². The first-order valence-corrected chi connectivity index (χ1v) is 6.01. The molecule has 0 aliphatic carbocycles. The van der Waals surface area contributed by atoms with Gasteiger partial charge in [0, 0.05) is 19.1 Å². The number of hydrogen-bond donors (Lipinski definition) is 3. The van der Waals surface area contributed by atoms with Crippen molar-refractivity contribution in [2.45, 2.75) is 24.9 Å². The summed E-state index contributed by atoms with van der Waals surface area (Å²) in [5.41, 5.74) is 0. The number of nitrogens with zero attached hydrogens (tertiary/aromatic N) is 2. The van der Waals surface area contributed by atoms with Crippen LogP contribution in [0.2, 0.25) is 0 Å². The summed E-state index contributed by atoms with van der Waals surface area (Å²) in [7, 11) is 3.87. The number of carbonyl (C=O) groups excluding carboxylic acids is 1. The van der Waals surface area contributed by atoms with Crippen LogP contribution in [-0.2, 0) is 4.79 Å². The summed E-state index contributed by atoms with van der Waals surface area (Å²) in [5, 5.41) is 20.0. The Hall–Kier alpha value is -1.34. The third-order valence-corrected chi connectivity index (χ3v) is 2.99. The summed E-state index contributed by atoms with van der Waals surface area (Å²) in [5.74, 6) is -1.23. The summed E-state index contributed by atoms with van der Waals surface area (Å²) in [6.07, 6.45) is 1.84. The number of nitrogens with one attached hydrogen (secondary N) is 1. The summed E-state index contributed by atoms with van der Waals surface area (Å²) in [6.45, 7) is 0.777. The molecule has 0 radical (unpaired) electrons. The first-order valence-electron chi connectivity index (χ1n) is 6.01. The van der Waals surface area contributed by atoms with Crippen LogP contribution in [0.4, 0.5) is 4.79 Å². The number of likely N-dealkylation sites (N-methyl/N-ethyl adjacent to an activating group) is 1. The van der Waals surface area contributed by atoms with E-state index in [0.29, 0.717) is 6.54 Å².